The van der Waals surface area contributed by atoms with Gasteiger partial charge in [-0.1, -0.05) is 43.5 Å². The summed E-state index contributed by atoms with van der Waals surface area (Å²) in [6.45, 7) is 0. The van der Waals surface area contributed by atoms with Gasteiger partial charge in [0.25, 0.3) is 0 Å². The van der Waals surface area contributed by atoms with Gasteiger partial charge in [0.15, 0.2) is 0 Å². The molecular weight excluding hydrogens is 421 g/mol. The number of halogens is 3. The largest absolute Gasteiger partial charge is 0.274 e. The van der Waals surface area contributed by atoms with Gasteiger partial charge in [0.2, 0.25) is 11.8 Å². The zero-order valence-corrected chi connectivity index (χ0v) is 14.8. The number of carbonyl (C=O) groups is 2. The number of nitrogens with zero attached hydrogens (tertiary/aromatic N) is 1. The third-order valence-electron chi connectivity index (χ3n) is 5.07. The smallest absolute Gasteiger partial charge is 0.238 e. The molecule has 1 aromatic carbocycles. The summed E-state index contributed by atoms with van der Waals surface area (Å²) in [5.41, 5.74) is 0.625. The lowest BCUT2D eigenvalue weighted by Crippen LogP contribution is -2.37. The van der Waals surface area contributed by atoms with Crippen LogP contribution in [0, 0.1) is 23.7 Å². The van der Waals surface area contributed by atoms with E-state index in [4.69, 9.17) is 11.6 Å². The first-order valence-corrected chi connectivity index (χ1v) is 9.13. The third-order valence-corrected chi connectivity index (χ3v) is 8.53. The summed E-state index contributed by atoms with van der Waals surface area (Å²) in [4.78, 5) is 27.4. The Balaban J connectivity index is 1.73. The van der Waals surface area contributed by atoms with Crippen molar-refractivity contribution in [3.05, 3.63) is 29.3 Å². The van der Waals surface area contributed by atoms with Crippen LogP contribution in [0.1, 0.15) is 6.42 Å². The highest BCUT2D eigenvalue weighted by molar-refractivity contribution is 9.12. The number of anilines is 1. The average molecular weight is 434 g/mol. The van der Waals surface area contributed by atoms with Crippen molar-refractivity contribution in [3.8, 4) is 0 Å². The minimum atomic E-state index is -0.170. The number of hydrogen-bond donors (Lipinski definition) is 0. The molecule has 2 saturated carbocycles. The van der Waals surface area contributed by atoms with Gasteiger partial charge in [-0.3, -0.25) is 14.5 Å². The number of alkyl halides is 2. The molecule has 1 aromatic rings. The molecule has 110 valence electrons. The molecule has 4 rings (SSSR count). The molecule has 2 amide bonds. The zero-order valence-electron chi connectivity index (χ0n) is 10.9. The number of carbonyl (C=O) groups excluding carboxylic acids is 2. The number of fused-ring (bicyclic) bond motifs is 5. The zero-order chi connectivity index (χ0) is 14.9. The SMILES string of the molecule is O=C1[C@H]2[C@@H]3C[C@@H]([C@@H](Br)[C@H]3Br)[C@@H]2C(=O)N1c1ccc(Cl)cc1. The summed E-state index contributed by atoms with van der Waals surface area (Å²) < 4.78 is 0. The molecule has 2 bridgehead atoms. The van der Waals surface area contributed by atoms with Crippen molar-refractivity contribution in [2.45, 2.75) is 16.1 Å². The van der Waals surface area contributed by atoms with Crippen molar-refractivity contribution in [1.29, 1.82) is 0 Å². The maximum atomic E-state index is 12.8. The highest BCUT2D eigenvalue weighted by Crippen LogP contribution is 2.60. The highest BCUT2D eigenvalue weighted by atomic mass is 79.9. The van der Waals surface area contributed by atoms with Crippen LogP contribution in [-0.4, -0.2) is 21.5 Å². The second-order valence-corrected chi connectivity index (χ2v) is 8.54. The molecule has 6 atom stereocenters. The molecule has 1 saturated heterocycles. The van der Waals surface area contributed by atoms with E-state index in [1.54, 1.807) is 24.3 Å². The molecule has 0 aromatic heterocycles. The predicted octanol–water partition coefficient (Wildman–Crippen LogP) is 3.62. The first-order valence-electron chi connectivity index (χ1n) is 6.92. The lowest BCUT2D eigenvalue weighted by Gasteiger charge is -2.28. The van der Waals surface area contributed by atoms with Gasteiger partial charge in [-0.05, 0) is 42.5 Å². The van der Waals surface area contributed by atoms with Gasteiger partial charge in [0.05, 0.1) is 17.5 Å². The van der Waals surface area contributed by atoms with Crippen LogP contribution in [0.2, 0.25) is 5.02 Å². The number of benzene rings is 1. The first kappa shape index (κ1) is 14.2. The summed E-state index contributed by atoms with van der Waals surface area (Å²) in [7, 11) is 0. The van der Waals surface area contributed by atoms with Crippen molar-refractivity contribution in [2.75, 3.05) is 4.90 Å². The van der Waals surface area contributed by atoms with Gasteiger partial charge in [0.1, 0.15) is 0 Å². The lowest BCUT2D eigenvalue weighted by molar-refractivity contribution is -0.123. The van der Waals surface area contributed by atoms with Crippen LogP contribution >= 0.6 is 43.5 Å². The predicted molar refractivity (Wildman–Crippen MR) is 88.0 cm³/mol. The van der Waals surface area contributed by atoms with E-state index in [2.05, 4.69) is 31.9 Å². The van der Waals surface area contributed by atoms with Gasteiger partial charge in [-0.25, -0.2) is 0 Å². The Labute approximate surface area is 144 Å². The van der Waals surface area contributed by atoms with E-state index in [1.165, 1.54) is 4.90 Å². The fraction of sp³-hybridized carbons (Fsp3) is 0.467. The van der Waals surface area contributed by atoms with E-state index in [9.17, 15) is 9.59 Å². The van der Waals surface area contributed by atoms with Crippen molar-refractivity contribution >= 4 is 61.0 Å². The molecule has 3 fully saturated rings. The van der Waals surface area contributed by atoms with Crippen LogP contribution in [0.25, 0.3) is 0 Å². The van der Waals surface area contributed by atoms with Crippen LogP contribution in [-0.2, 0) is 9.59 Å². The van der Waals surface area contributed by atoms with Gasteiger partial charge < -0.3 is 0 Å². The molecule has 0 N–H and O–H groups in total. The normalized spacial score (nSPS) is 41.0. The molecule has 0 spiro atoms. The third kappa shape index (κ3) is 1.83. The molecule has 2 aliphatic carbocycles. The van der Waals surface area contributed by atoms with Crippen LogP contribution in [0.15, 0.2) is 24.3 Å². The minimum Gasteiger partial charge on any atom is -0.274 e. The van der Waals surface area contributed by atoms with Crippen LogP contribution in [0.4, 0.5) is 5.69 Å². The fourth-order valence-corrected chi connectivity index (χ4v) is 6.19. The minimum absolute atomic E-state index is 0.0522. The van der Waals surface area contributed by atoms with Gasteiger partial charge in [0, 0.05) is 14.7 Å². The molecule has 6 heteroatoms. The van der Waals surface area contributed by atoms with E-state index in [0.29, 0.717) is 10.7 Å². The maximum absolute atomic E-state index is 12.8. The number of amides is 2. The van der Waals surface area contributed by atoms with E-state index >= 15 is 0 Å². The van der Waals surface area contributed by atoms with Gasteiger partial charge in [-0.15, -0.1) is 0 Å². The molecule has 3 nitrogen and oxygen atoms in total. The molecule has 0 radical (unpaired) electrons. The Morgan fingerprint density at radius 3 is 1.90 bits per heavy atom. The highest BCUT2D eigenvalue weighted by Gasteiger charge is 2.66. The first-order chi connectivity index (χ1) is 10.0. The van der Waals surface area contributed by atoms with E-state index in [-0.39, 0.29) is 45.1 Å². The summed E-state index contributed by atoms with van der Waals surface area (Å²) >= 11 is 13.2. The Morgan fingerprint density at radius 1 is 0.952 bits per heavy atom. The maximum Gasteiger partial charge on any atom is 0.238 e. The van der Waals surface area contributed by atoms with Crippen LogP contribution in [0.3, 0.4) is 0 Å². The van der Waals surface area contributed by atoms with Crippen molar-refractivity contribution in [1.82, 2.24) is 0 Å². The molecule has 1 aliphatic heterocycles. The summed E-state index contributed by atoms with van der Waals surface area (Å²) in [5, 5.41) is 0.596. The lowest BCUT2D eigenvalue weighted by atomic mass is 9.81. The molecule has 0 unspecified atom stereocenters. The molecule has 1 heterocycles. The van der Waals surface area contributed by atoms with Crippen molar-refractivity contribution in [3.63, 3.8) is 0 Å². The standard InChI is InChI=1S/C15H12Br2ClNO2/c16-12-8-5-9(13(12)17)11-10(8)14(20)19(15(11)21)7-3-1-6(18)2-4-7/h1-4,8-13H,5H2/t8-,9+,10-,11-,12-,13+/m0/s1. The summed E-state index contributed by atoms with van der Waals surface area (Å²) in [6.07, 6.45) is 0.951. The number of rotatable bonds is 1. The number of imide groups is 1. The molecular formula is C15H12Br2ClNO2. The summed E-state index contributed by atoms with van der Waals surface area (Å²) in [6, 6.07) is 6.89. The van der Waals surface area contributed by atoms with Crippen LogP contribution in [0.5, 0.6) is 0 Å². The Kier molecular flexibility index (Phi) is 3.25. The van der Waals surface area contributed by atoms with Crippen molar-refractivity contribution in [2.24, 2.45) is 23.7 Å². The average Bonchev–Trinajstić information content (AvgIpc) is 3.06. The van der Waals surface area contributed by atoms with E-state index in [0.717, 1.165) is 6.42 Å². The van der Waals surface area contributed by atoms with Crippen LogP contribution < -0.4 is 4.90 Å². The second kappa shape index (κ2) is 4.80. The molecule has 3 aliphatic rings. The monoisotopic (exact) mass is 431 g/mol. The summed E-state index contributed by atoms with van der Waals surface area (Å²) in [5.74, 6) is 0.0521. The fourth-order valence-electron chi connectivity index (χ4n) is 4.19. The van der Waals surface area contributed by atoms with E-state index in [1.807, 2.05) is 0 Å². The van der Waals surface area contributed by atoms with Gasteiger partial charge >= 0.3 is 0 Å². The topological polar surface area (TPSA) is 37.4 Å². The second-order valence-electron chi connectivity index (χ2n) is 5.99. The quantitative estimate of drug-likeness (QED) is 0.501. The Hall–Kier alpha value is -0.390. The van der Waals surface area contributed by atoms with Gasteiger partial charge in [-0.2, -0.15) is 0 Å². The van der Waals surface area contributed by atoms with Crippen molar-refractivity contribution < 1.29 is 9.59 Å². The number of hydrogen-bond acceptors (Lipinski definition) is 2. The van der Waals surface area contributed by atoms with E-state index < -0.39 is 0 Å². The Bertz CT molecular complexity index is 603. The Morgan fingerprint density at radius 2 is 1.43 bits per heavy atom. The molecule has 21 heavy (non-hydrogen) atoms.